The first-order chi connectivity index (χ1) is 12.0. The highest BCUT2D eigenvalue weighted by Crippen LogP contribution is 2.19. The van der Waals surface area contributed by atoms with Gasteiger partial charge in [-0.2, -0.15) is 5.26 Å². The van der Waals surface area contributed by atoms with E-state index < -0.39 is 5.92 Å². The van der Waals surface area contributed by atoms with Crippen molar-refractivity contribution in [1.29, 1.82) is 5.26 Å². The molecule has 0 N–H and O–H groups in total. The molecule has 0 spiro atoms. The van der Waals surface area contributed by atoms with Crippen LogP contribution in [0.3, 0.4) is 0 Å². The van der Waals surface area contributed by atoms with Gasteiger partial charge in [-0.25, -0.2) is 4.39 Å². The average Bonchev–Trinajstić information content (AvgIpc) is 2.65. The van der Waals surface area contributed by atoms with Crippen LogP contribution < -0.4 is 0 Å². The number of rotatable bonds is 6. The lowest BCUT2D eigenvalue weighted by Gasteiger charge is -2.31. The molecule has 5 nitrogen and oxygen atoms in total. The Bertz CT molecular complexity index is 639. The Morgan fingerprint density at radius 2 is 2.12 bits per heavy atom. The van der Waals surface area contributed by atoms with Crippen LogP contribution in [0.15, 0.2) is 24.3 Å². The van der Waals surface area contributed by atoms with Crippen molar-refractivity contribution >= 4 is 11.9 Å². The predicted octanol–water partition coefficient (Wildman–Crippen LogP) is 2.70. The Kier molecular flexibility index (Phi) is 6.93. The summed E-state index contributed by atoms with van der Waals surface area (Å²) in [4.78, 5) is 25.7. The van der Waals surface area contributed by atoms with Crippen LogP contribution in [-0.2, 0) is 20.7 Å². The fraction of sp³-hybridized carbons (Fsp3) is 0.526. The lowest BCUT2D eigenvalue weighted by molar-refractivity contribution is -0.152. The molecule has 6 heteroatoms. The van der Waals surface area contributed by atoms with Crippen molar-refractivity contribution < 1.29 is 18.7 Å². The minimum absolute atomic E-state index is 0.00489. The van der Waals surface area contributed by atoms with E-state index in [4.69, 9.17) is 4.74 Å². The SMILES string of the molecule is CCC(=O)N1CCC[C@H](C(=O)OC[C@H](C#N)Cc2ccc(F)cc2)C1. The number of carbonyl (C=O) groups excluding carboxylic acids is 2. The van der Waals surface area contributed by atoms with E-state index >= 15 is 0 Å². The third-order valence-electron chi connectivity index (χ3n) is 4.41. The number of halogens is 1. The molecule has 2 atom stereocenters. The number of nitrogens with zero attached hydrogens (tertiary/aromatic N) is 2. The van der Waals surface area contributed by atoms with Crippen molar-refractivity contribution in [3.8, 4) is 6.07 Å². The van der Waals surface area contributed by atoms with Crippen LogP contribution in [-0.4, -0.2) is 36.5 Å². The number of nitriles is 1. The minimum Gasteiger partial charge on any atom is -0.464 e. The minimum atomic E-state index is -0.480. The molecule has 1 aliphatic heterocycles. The van der Waals surface area contributed by atoms with E-state index in [0.717, 1.165) is 12.0 Å². The Balaban J connectivity index is 1.84. The zero-order valence-corrected chi connectivity index (χ0v) is 14.4. The van der Waals surface area contributed by atoms with Crippen LogP contribution in [0, 0.1) is 29.0 Å². The van der Waals surface area contributed by atoms with Gasteiger partial charge in [0.1, 0.15) is 12.4 Å². The summed E-state index contributed by atoms with van der Waals surface area (Å²) < 4.78 is 18.2. The van der Waals surface area contributed by atoms with E-state index in [1.54, 1.807) is 24.0 Å². The number of likely N-dealkylation sites (tertiary alicyclic amines) is 1. The van der Waals surface area contributed by atoms with Crippen LogP contribution >= 0.6 is 0 Å². The fourth-order valence-electron chi connectivity index (χ4n) is 2.97. The predicted molar refractivity (Wildman–Crippen MR) is 89.8 cm³/mol. The summed E-state index contributed by atoms with van der Waals surface area (Å²) in [5.74, 6) is -1.44. The molecular weight excluding hydrogens is 323 g/mol. The Hall–Kier alpha value is -2.42. The molecule has 1 aromatic rings. The number of esters is 1. The smallest absolute Gasteiger partial charge is 0.310 e. The molecule has 1 aromatic carbocycles. The first kappa shape index (κ1) is 18.9. The van der Waals surface area contributed by atoms with E-state index in [1.165, 1.54) is 12.1 Å². The van der Waals surface area contributed by atoms with Gasteiger partial charge in [-0.15, -0.1) is 0 Å². The van der Waals surface area contributed by atoms with Crippen molar-refractivity contribution in [1.82, 2.24) is 4.90 Å². The van der Waals surface area contributed by atoms with Crippen LogP contribution in [0.2, 0.25) is 0 Å². The number of ether oxygens (including phenoxy) is 1. The molecular formula is C19H23FN2O3. The van der Waals surface area contributed by atoms with Crippen molar-refractivity contribution in [3.05, 3.63) is 35.6 Å². The van der Waals surface area contributed by atoms with Gasteiger partial charge < -0.3 is 9.64 Å². The highest BCUT2D eigenvalue weighted by Gasteiger charge is 2.29. The van der Waals surface area contributed by atoms with Gasteiger partial charge in [-0.3, -0.25) is 9.59 Å². The number of piperidine rings is 1. The number of benzene rings is 1. The second kappa shape index (κ2) is 9.16. The summed E-state index contributed by atoms with van der Waals surface area (Å²) in [7, 11) is 0. The summed E-state index contributed by atoms with van der Waals surface area (Å²) >= 11 is 0. The Labute approximate surface area is 147 Å². The van der Waals surface area contributed by atoms with Gasteiger partial charge in [0.15, 0.2) is 0 Å². The molecule has 1 amide bonds. The van der Waals surface area contributed by atoms with E-state index in [2.05, 4.69) is 6.07 Å². The monoisotopic (exact) mass is 346 g/mol. The van der Waals surface area contributed by atoms with Gasteiger partial charge in [0.05, 0.1) is 17.9 Å². The zero-order chi connectivity index (χ0) is 18.2. The van der Waals surface area contributed by atoms with Crippen molar-refractivity contribution in [2.24, 2.45) is 11.8 Å². The molecule has 1 fully saturated rings. The number of carbonyl (C=O) groups is 2. The average molecular weight is 346 g/mol. The van der Waals surface area contributed by atoms with Crippen LogP contribution in [0.1, 0.15) is 31.7 Å². The molecule has 0 radical (unpaired) electrons. The lowest BCUT2D eigenvalue weighted by atomic mass is 9.97. The van der Waals surface area contributed by atoms with Gasteiger partial charge in [-0.1, -0.05) is 19.1 Å². The van der Waals surface area contributed by atoms with Crippen molar-refractivity contribution in [2.45, 2.75) is 32.6 Å². The van der Waals surface area contributed by atoms with Gasteiger partial charge in [0.2, 0.25) is 5.91 Å². The maximum absolute atomic E-state index is 12.9. The van der Waals surface area contributed by atoms with Crippen LogP contribution in [0.5, 0.6) is 0 Å². The quantitative estimate of drug-likeness (QED) is 0.743. The largest absolute Gasteiger partial charge is 0.464 e. The molecule has 0 aliphatic carbocycles. The molecule has 0 saturated carbocycles. The second-order valence-electron chi connectivity index (χ2n) is 6.32. The van der Waals surface area contributed by atoms with Gasteiger partial charge >= 0.3 is 5.97 Å². The molecule has 25 heavy (non-hydrogen) atoms. The number of hydrogen-bond donors (Lipinski definition) is 0. The summed E-state index contributed by atoms with van der Waals surface area (Å²) in [5, 5.41) is 9.24. The molecule has 0 unspecified atom stereocenters. The first-order valence-electron chi connectivity index (χ1n) is 8.62. The van der Waals surface area contributed by atoms with Crippen LogP contribution in [0.25, 0.3) is 0 Å². The van der Waals surface area contributed by atoms with E-state index in [9.17, 15) is 19.2 Å². The first-order valence-corrected chi connectivity index (χ1v) is 8.62. The molecule has 0 bridgehead atoms. The molecule has 1 aliphatic rings. The molecule has 0 aromatic heterocycles. The van der Waals surface area contributed by atoms with E-state index in [1.807, 2.05) is 0 Å². The molecule has 1 heterocycles. The number of hydrogen-bond acceptors (Lipinski definition) is 4. The topological polar surface area (TPSA) is 70.4 Å². The second-order valence-corrected chi connectivity index (χ2v) is 6.32. The van der Waals surface area contributed by atoms with Crippen molar-refractivity contribution in [3.63, 3.8) is 0 Å². The fourth-order valence-corrected chi connectivity index (χ4v) is 2.97. The van der Waals surface area contributed by atoms with Crippen molar-refractivity contribution in [2.75, 3.05) is 19.7 Å². The zero-order valence-electron chi connectivity index (χ0n) is 14.4. The van der Waals surface area contributed by atoms with Gasteiger partial charge in [-0.05, 0) is 37.0 Å². The normalized spacial score (nSPS) is 18.3. The summed E-state index contributed by atoms with van der Waals surface area (Å²) in [6, 6.07) is 8.06. The van der Waals surface area contributed by atoms with Crippen LogP contribution in [0.4, 0.5) is 4.39 Å². The summed E-state index contributed by atoms with van der Waals surface area (Å²) in [6.45, 7) is 2.88. The maximum Gasteiger partial charge on any atom is 0.310 e. The van der Waals surface area contributed by atoms with E-state index in [-0.39, 0.29) is 30.2 Å². The summed E-state index contributed by atoms with van der Waals surface area (Å²) in [6.07, 6.45) is 2.30. The highest BCUT2D eigenvalue weighted by atomic mass is 19.1. The Morgan fingerprint density at radius 3 is 2.76 bits per heavy atom. The third-order valence-corrected chi connectivity index (χ3v) is 4.41. The maximum atomic E-state index is 12.9. The Morgan fingerprint density at radius 1 is 1.40 bits per heavy atom. The number of amides is 1. The molecule has 1 saturated heterocycles. The molecule has 134 valence electrons. The van der Waals surface area contributed by atoms with E-state index in [0.29, 0.717) is 32.4 Å². The molecule has 2 rings (SSSR count). The van der Waals surface area contributed by atoms with Gasteiger partial charge in [0.25, 0.3) is 0 Å². The lowest BCUT2D eigenvalue weighted by Crippen LogP contribution is -2.42. The third kappa shape index (κ3) is 5.56. The van der Waals surface area contributed by atoms with Gasteiger partial charge in [0, 0.05) is 19.5 Å². The summed E-state index contributed by atoms with van der Waals surface area (Å²) in [5.41, 5.74) is 0.821. The highest BCUT2D eigenvalue weighted by molar-refractivity contribution is 5.78. The standard InChI is InChI=1S/C19H23FN2O3/c1-2-18(23)22-9-3-4-16(12-22)19(24)25-13-15(11-21)10-14-5-7-17(20)8-6-14/h5-8,15-16H,2-4,9-10,12-13H2,1H3/t15-,16-/m0/s1.